The molecule has 2 heterocycles. The Kier molecular flexibility index (Phi) is 10.3. The van der Waals surface area contributed by atoms with E-state index in [0.29, 0.717) is 0 Å². The van der Waals surface area contributed by atoms with Crippen molar-refractivity contribution in [1.82, 2.24) is 9.97 Å². The van der Waals surface area contributed by atoms with Gasteiger partial charge in [-0.3, -0.25) is 4.98 Å². The normalized spacial score (nSPS) is 11.6. The molecule has 6 rings (SSSR count). The second-order valence-corrected chi connectivity index (χ2v) is 14.7. The van der Waals surface area contributed by atoms with Crippen molar-refractivity contribution in [2.24, 2.45) is 0 Å². The number of hydrogen-bond acceptors (Lipinski definition) is 4. The van der Waals surface area contributed by atoms with Gasteiger partial charge in [0, 0.05) is 27.3 Å². The van der Waals surface area contributed by atoms with Crippen LogP contribution in [0.3, 0.4) is 0 Å². The van der Waals surface area contributed by atoms with Crippen LogP contribution in [0.4, 0.5) is 17.2 Å². The number of rotatable bonds is 6. The summed E-state index contributed by atoms with van der Waals surface area (Å²) in [6, 6.07) is 40.6. The minimum absolute atomic E-state index is 0. The van der Waals surface area contributed by atoms with E-state index in [1.165, 1.54) is 16.7 Å². The second-order valence-electron chi connectivity index (χ2n) is 14.7. The van der Waals surface area contributed by atoms with Crippen LogP contribution in [0, 0.1) is 19.9 Å². The molecule has 1 N–H and O–H groups in total. The van der Waals surface area contributed by atoms with Crippen LogP contribution in [-0.2, 0) is 31.9 Å². The summed E-state index contributed by atoms with van der Waals surface area (Å²) in [6.45, 7) is 17.8. The quantitative estimate of drug-likeness (QED) is 0.170. The molecule has 5 heteroatoms. The molecule has 0 radical (unpaired) electrons. The molecule has 6 aromatic rings. The van der Waals surface area contributed by atoms with E-state index in [1.807, 2.05) is 60.8 Å². The van der Waals surface area contributed by atoms with Crippen LogP contribution in [0.15, 0.2) is 115 Å². The van der Waals surface area contributed by atoms with Gasteiger partial charge in [-0.1, -0.05) is 108 Å². The molecule has 0 unspecified atom stereocenters. The van der Waals surface area contributed by atoms with Gasteiger partial charge in [-0.2, -0.15) is 0 Å². The van der Waals surface area contributed by atoms with Gasteiger partial charge in [0.25, 0.3) is 0 Å². The van der Waals surface area contributed by atoms with Crippen molar-refractivity contribution in [3.63, 3.8) is 0 Å². The van der Waals surface area contributed by atoms with Gasteiger partial charge in [0.15, 0.2) is 0 Å². The summed E-state index contributed by atoms with van der Waals surface area (Å²) in [7, 11) is 0. The molecule has 0 fully saturated rings. The first-order chi connectivity index (χ1) is 22.8. The molecule has 49 heavy (non-hydrogen) atoms. The van der Waals surface area contributed by atoms with Gasteiger partial charge in [-0.05, 0) is 94.1 Å². The van der Waals surface area contributed by atoms with E-state index in [-0.39, 0.29) is 37.6 Å². The van der Waals surface area contributed by atoms with E-state index >= 15 is 0 Å². The van der Waals surface area contributed by atoms with Crippen molar-refractivity contribution in [1.29, 1.82) is 0 Å². The van der Waals surface area contributed by atoms with E-state index in [0.717, 1.165) is 56.4 Å². The molecule has 0 aliphatic carbocycles. The summed E-state index contributed by atoms with van der Waals surface area (Å²) < 4.78 is 0. The molecular weight excluding hydrogens is 782 g/mol. The Morgan fingerprint density at radius 2 is 1.27 bits per heavy atom. The summed E-state index contributed by atoms with van der Waals surface area (Å²) in [5.41, 5.74) is 12.2. The predicted molar refractivity (Wildman–Crippen MR) is 200 cm³/mol. The molecule has 0 saturated heterocycles. The minimum atomic E-state index is 0. The summed E-state index contributed by atoms with van der Waals surface area (Å²) in [5.74, 6) is 0.978. The number of aromatic nitrogens is 2. The number of aryl methyl sites for hydroxylation is 2. The molecule has 0 aliphatic rings. The van der Waals surface area contributed by atoms with Crippen LogP contribution in [0.5, 0.6) is 5.75 Å². The van der Waals surface area contributed by atoms with Crippen molar-refractivity contribution in [3.05, 3.63) is 144 Å². The Morgan fingerprint density at radius 3 is 1.92 bits per heavy atom. The number of phenolic OH excluding ortho intramolecular Hbond substituents is 1. The molecule has 0 amide bonds. The van der Waals surface area contributed by atoms with Crippen LogP contribution in [0.1, 0.15) is 63.8 Å². The zero-order chi connectivity index (χ0) is 34.2. The maximum Gasteiger partial charge on any atom is 0.136 e. The first-order valence-corrected chi connectivity index (χ1v) is 16.6. The fraction of sp³-hybridized carbons (Fsp3) is 0.227. The third kappa shape index (κ3) is 7.71. The third-order valence-electron chi connectivity index (χ3n) is 8.86. The Bertz CT molecular complexity index is 2050. The van der Waals surface area contributed by atoms with E-state index in [4.69, 9.17) is 9.97 Å². The van der Waals surface area contributed by atoms with E-state index < -0.39 is 0 Å². The van der Waals surface area contributed by atoms with E-state index in [9.17, 15) is 5.11 Å². The molecule has 2 aromatic heterocycles. The largest absolute Gasteiger partial charge is 0.517 e. The third-order valence-corrected chi connectivity index (χ3v) is 8.86. The number of phenols is 1. The number of para-hydroxylation sites is 2. The Hall–Kier alpha value is -4.53. The van der Waals surface area contributed by atoms with Crippen LogP contribution in [-0.4, -0.2) is 15.1 Å². The van der Waals surface area contributed by atoms with E-state index in [2.05, 4.69) is 115 Å². The maximum atomic E-state index is 10.6. The van der Waals surface area contributed by atoms with Crippen molar-refractivity contribution >= 4 is 17.2 Å². The van der Waals surface area contributed by atoms with Crippen molar-refractivity contribution in [2.45, 2.75) is 66.2 Å². The predicted octanol–water partition coefficient (Wildman–Crippen LogP) is 11.7. The molecule has 252 valence electrons. The van der Waals surface area contributed by atoms with Gasteiger partial charge in [-0.15, -0.1) is 29.8 Å². The van der Waals surface area contributed by atoms with Crippen molar-refractivity contribution < 1.29 is 26.2 Å². The van der Waals surface area contributed by atoms with Gasteiger partial charge >= 0.3 is 0 Å². The summed E-state index contributed by atoms with van der Waals surface area (Å²) >= 11 is 0. The topological polar surface area (TPSA) is 49.2 Å². The van der Waals surface area contributed by atoms with Crippen molar-refractivity contribution in [2.75, 3.05) is 4.90 Å². The summed E-state index contributed by atoms with van der Waals surface area (Å²) in [6.07, 6.45) is 1.88. The Morgan fingerprint density at radius 1 is 0.633 bits per heavy atom. The number of aromatic hydroxyl groups is 1. The number of nitrogens with zero attached hydrogens (tertiary/aromatic N) is 3. The van der Waals surface area contributed by atoms with Gasteiger partial charge in [0.2, 0.25) is 0 Å². The second kappa shape index (κ2) is 14.1. The minimum Gasteiger partial charge on any atom is -0.517 e. The molecule has 4 nitrogen and oxygen atoms in total. The van der Waals surface area contributed by atoms with Gasteiger partial charge in [0.05, 0.1) is 22.8 Å². The van der Waals surface area contributed by atoms with Gasteiger partial charge < -0.3 is 10.0 Å². The number of benzene rings is 4. The smallest absolute Gasteiger partial charge is 0.136 e. The average molecular weight is 826 g/mol. The standard InChI is InChI=1S/C44H44N3O.Pt/c1-29-14-11-15-30(2)42(29)47(36-17-12-16-32(26-36)37-18-9-10-20-40(37)48)41-21-13-19-38(46-41)39-27-31(22-23-45-39)33-24-34(43(3,4)5)28-35(25-33)44(6,7)8;/h9-25,27-28,48H,1-8H3;/q-1;. The van der Waals surface area contributed by atoms with Gasteiger partial charge in [-0.25, -0.2) is 4.98 Å². The first-order valence-electron chi connectivity index (χ1n) is 16.6. The van der Waals surface area contributed by atoms with Crippen LogP contribution < -0.4 is 4.90 Å². The Labute approximate surface area is 306 Å². The Balaban J connectivity index is 0.00000468. The summed E-state index contributed by atoms with van der Waals surface area (Å²) in [4.78, 5) is 12.2. The number of anilines is 3. The zero-order valence-corrected chi connectivity index (χ0v) is 31.8. The molecule has 0 aliphatic heterocycles. The van der Waals surface area contributed by atoms with Crippen LogP contribution in [0.25, 0.3) is 33.6 Å². The molecule has 0 atom stereocenters. The molecule has 0 saturated carbocycles. The SMILES string of the molecule is Cc1cccc(C)c1N(c1[c-]c(-c2ccccc2O)ccc1)c1cccc(-c2cc(-c3cc(C(C)(C)C)cc(C(C)(C)C)c3)ccn2)n1.[Pt]. The summed E-state index contributed by atoms with van der Waals surface area (Å²) in [5, 5.41) is 10.6. The van der Waals surface area contributed by atoms with E-state index in [1.54, 1.807) is 6.07 Å². The van der Waals surface area contributed by atoms with Crippen molar-refractivity contribution in [3.8, 4) is 39.4 Å². The first kappa shape index (κ1) is 35.8. The number of pyridine rings is 2. The monoisotopic (exact) mass is 825 g/mol. The molecule has 4 aromatic carbocycles. The molecular formula is C44H44N3OPt-. The van der Waals surface area contributed by atoms with Gasteiger partial charge in [0.1, 0.15) is 5.82 Å². The maximum absolute atomic E-state index is 10.6. The van der Waals surface area contributed by atoms with Crippen LogP contribution in [0.2, 0.25) is 0 Å². The fourth-order valence-corrected chi connectivity index (χ4v) is 6.06. The fourth-order valence-electron chi connectivity index (χ4n) is 6.06. The molecule has 0 bridgehead atoms. The van der Waals surface area contributed by atoms with Crippen LogP contribution >= 0.6 is 0 Å². The average Bonchev–Trinajstić information content (AvgIpc) is 3.06. The number of hydrogen-bond donors (Lipinski definition) is 1. The zero-order valence-electron chi connectivity index (χ0n) is 29.6. The molecule has 0 spiro atoms.